The Hall–Kier alpha value is -2.49. The molecule has 0 fully saturated rings. The van der Waals surface area contributed by atoms with Gasteiger partial charge in [-0.25, -0.2) is 0 Å². The molecule has 0 aliphatic heterocycles. The van der Waals surface area contributed by atoms with Crippen molar-refractivity contribution in [2.24, 2.45) is 0 Å². The monoisotopic (exact) mass is 355 g/mol. The van der Waals surface area contributed by atoms with Crippen LogP contribution in [0.5, 0.6) is 11.5 Å². The SMILES string of the molecule is CCc1ccc(O[C@@H](CC)C(=O)NCCOc2cccc(C)c2C)cc1. The van der Waals surface area contributed by atoms with Crippen molar-refractivity contribution in [3.8, 4) is 11.5 Å². The molecule has 2 rings (SSSR count). The van der Waals surface area contributed by atoms with E-state index in [0.29, 0.717) is 19.6 Å². The molecule has 0 spiro atoms. The topological polar surface area (TPSA) is 47.6 Å². The van der Waals surface area contributed by atoms with E-state index in [-0.39, 0.29) is 5.91 Å². The van der Waals surface area contributed by atoms with Gasteiger partial charge in [-0.15, -0.1) is 0 Å². The van der Waals surface area contributed by atoms with E-state index in [2.05, 4.69) is 25.2 Å². The fraction of sp³-hybridized carbons (Fsp3) is 0.409. The molecule has 1 amide bonds. The van der Waals surface area contributed by atoms with Gasteiger partial charge >= 0.3 is 0 Å². The molecule has 26 heavy (non-hydrogen) atoms. The number of ether oxygens (including phenoxy) is 2. The van der Waals surface area contributed by atoms with E-state index in [0.717, 1.165) is 23.5 Å². The highest BCUT2D eigenvalue weighted by atomic mass is 16.5. The van der Waals surface area contributed by atoms with Gasteiger partial charge in [0.1, 0.15) is 18.1 Å². The first kappa shape index (κ1) is 19.8. The minimum absolute atomic E-state index is 0.114. The molecule has 0 aromatic heterocycles. The first-order valence-corrected chi connectivity index (χ1v) is 9.27. The molecule has 2 aromatic rings. The largest absolute Gasteiger partial charge is 0.491 e. The van der Waals surface area contributed by atoms with Crippen molar-refractivity contribution >= 4 is 5.91 Å². The van der Waals surface area contributed by atoms with Crippen LogP contribution >= 0.6 is 0 Å². The fourth-order valence-electron chi connectivity index (χ4n) is 2.62. The second-order valence-corrected chi connectivity index (χ2v) is 6.35. The van der Waals surface area contributed by atoms with Gasteiger partial charge < -0.3 is 14.8 Å². The molecule has 0 aliphatic carbocycles. The van der Waals surface area contributed by atoms with Gasteiger partial charge in [-0.3, -0.25) is 4.79 Å². The zero-order valence-corrected chi connectivity index (χ0v) is 16.2. The Morgan fingerprint density at radius 3 is 2.46 bits per heavy atom. The summed E-state index contributed by atoms with van der Waals surface area (Å²) in [4.78, 5) is 12.3. The summed E-state index contributed by atoms with van der Waals surface area (Å²) in [6.45, 7) is 9.02. The third-order valence-electron chi connectivity index (χ3n) is 4.49. The zero-order chi connectivity index (χ0) is 18.9. The van der Waals surface area contributed by atoms with Gasteiger partial charge in [-0.1, -0.05) is 38.1 Å². The Balaban J connectivity index is 1.80. The van der Waals surface area contributed by atoms with Gasteiger partial charge in [-0.2, -0.15) is 0 Å². The van der Waals surface area contributed by atoms with Gasteiger partial charge in [0.15, 0.2) is 6.10 Å². The molecule has 1 atom stereocenters. The summed E-state index contributed by atoms with van der Waals surface area (Å²) in [5, 5.41) is 2.89. The maximum Gasteiger partial charge on any atom is 0.261 e. The second kappa shape index (κ2) is 9.85. The molecule has 1 N–H and O–H groups in total. The van der Waals surface area contributed by atoms with Crippen molar-refractivity contribution < 1.29 is 14.3 Å². The summed E-state index contributed by atoms with van der Waals surface area (Å²) < 4.78 is 11.6. The van der Waals surface area contributed by atoms with Crippen LogP contribution < -0.4 is 14.8 Å². The van der Waals surface area contributed by atoms with Crippen LogP contribution in [0.25, 0.3) is 0 Å². The van der Waals surface area contributed by atoms with Gasteiger partial charge in [0.25, 0.3) is 5.91 Å². The van der Waals surface area contributed by atoms with Crippen LogP contribution in [0.4, 0.5) is 0 Å². The molecule has 0 bridgehead atoms. The summed E-state index contributed by atoms with van der Waals surface area (Å²) in [5.74, 6) is 1.46. The Labute approximate surface area is 156 Å². The van der Waals surface area contributed by atoms with E-state index in [9.17, 15) is 4.79 Å². The molecular weight excluding hydrogens is 326 g/mol. The van der Waals surface area contributed by atoms with Crippen molar-refractivity contribution in [1.82, 2.24) is 5.32 Å². The predicted octanol–water partition coefficient (Wildman–Crippen LogP) is 4.22. The van der Waals surface area contributed by atoms with Crippen molar-refractivity contribution in [1.29, 1.82) is 0 Å². The molecule has 0 heterocycles. The lowest BCUT2D eigenvalue weighted by Crippen LogP contribution is -2.39. The van der Waals surface area contributed by atoms with Gasteiger partial charge in [-0.05, 0) is 61.6 Å². The van der Waals surface area contributed by atoms with Gasteiger partial charge in [0.2, 0.25) is 0 Å². The van der Waals surface area contributed by atoms with E-state index in [1.807, 2.05) is 50.2 Å². The molecule has 2 aromatic carbocycles. The molecule has 140 valence electrons. The van der Waals surface area contributed by atoms with Crippen LogP contribution in [-0.4, -0.2) is 25.2 Å². The number of rotatable bonds is 9. The van der Waals surface area contributed by atoms with Crippen molar-refractivity contribution in [3.05, 3.63) is 59.2 Å². The highest BCUT2D eigenvalue weighted by Gasteiger charge is 2.17. The number of benzene rings is 2. The number of amides is 1. The maximum absolute atomic E-state index is 12.3. The summed E-state index contributed by atoms with van der Waals surface area (Å²) in [6, 6.07) is 13.9. The Kier molecular flexibility index (Phi) is 7.52. The molecule has 0 radical (unpaired) electrons. The summed E-state index contributed by atoms with van der Waals surface area (Å²) in [7, 11) is 0. The molecule has 0 saturated carbocycles. The third-order valence-corrected chi connectivity index (χ3v) is 4.49. The lowest BCUT2D eigenvalue weighted by molar-refractivity contribution is -0.128. The van der Waals surface area contributed by atoms with E-state index >= 15 is 0 Å². The normalized spacial score (nSPS) is 11.7. The van der Waals surface area contributed by atoms with Crippen molar-refractivity contribution in [2.75, 3.05) is 13.2 Å². The van der Waals surface area contributed by atoms with E-state index in [1.165, 1.54) is 11.1 Å². The number of carbonyl (C=O) groups excluding carboxylic acids is 1. The third kappa shape index (κ3) is 5.51. The number of hydrogen-bond acceptors (Lipinski definition) is 3. The van der Waals surface area contributed by atoms with Crippen LogP contribution in [0, 0.1) is 13.8 Å². The van der Waals surface area contributed by atoms with Crippen LogP contribution in [0.1, 0.15) is 37.0 Å². The maximum atomic E-state index is 12.3. The quantitative estimate of drug-likeness (QED) is 0.685. The fourth-order valence-corrected chi connectivity index (χ4v) is 2.62. The first-order chi connectivity index (χ1) is 12.5. The minimum atomic E-state index is -0.497. The second-order valence-electron chi connectivity index (χ2n) is 6.35. The minimum Gasteiger partial charge on any atom is -0.491 e. The van der Waals surface area contributed by atoms with Crippen LogP contribution in [0.2, 0.25) is 0 Å². The Morgan fingerprint density at radius 2 is 1.81 bits per heavy atom. The van der Waals surface area contributed by atoms with E-state index in [1.54, 1.807) is 0 Å². The first-order valence-electron chi connectivity index (χ1n) is 9.27. The van der Waals surface area contributed by atoms with Crippen molar-refractivity contribution in [2.45, 2.75) is 46.6 Å². The zero-order valence-electron chi connectivity index (χ0n) is 16.2. The van der Waals surface area contributed by atoms with E-state index < -0.39 is 6.10 Å². The molecule has 4 nitrogen and oxygen atoms in total. The number of nitrogens with one attached hydrogen (secondary N) is 1. The summed E-state index contributed by atoms with van der Waals surface area (Å²) in [5.41, 5.74) is 3.57. The van der Waals surface area contributed by atoms with Crippen LogP contribution in [0.15, 0.2) is 42.5 Å². The Bertz CT molecular complexity index is 710. The van der Waals surface area contributed by atoms with Gasteiger partial charge in [0, 0.05) is 0 Å². The molecule has 0 aliphatic rings. The van der Waals surface area contributed by atoms with Crippen LogP contribution in [0.3, 0.4) is 0 Å². The number of aryl methyl sites for hydroxylation is 2. The van der Waals surface area contributed by atoms with Crippen molar-refractivity contribution in [3.63, 3.8) is 0 Å². The molecule has 0 unspecified atom stereocenters. The summed E-state index contributed by atoms with van der Waals surface area (Å²) in [6.07, 6.45) is 1.10. The highest BCUT2D eigenvalue weighted by molar-refractivity contribution is 5.81. The number of carbonyl (C=O) groups is 1. The molecular formula is C22H29NO3. The smallest absolute Gasteiger partial charge is 0.261 e. The lowest BCUT2D eigenvalue weighted by Gasteiger charge is -2.18. The van der Waals surface area contributed by atoms with Gasteiger partial charge in [0.05, 0.1) is 6.54 Å². The molecule has 4 heteroatoms. The van der Waals surface area contributed by atoms with Crippen LogP contribution in [-0.2, 0) is 11.2 Å². The highest BCUT2D eigenvalue weighted by Crippen LogP contribution is 2.20. The standard InChI is InChI=1S/C22H29NO3/c1-5-18-10-12-19(13-11-18)26-20(6-2)22(24)23-14-15-25-21-9-7-8-16(3)17(21)4/h7-13,20H,5-6,14-15H2,1-4H3,(H,23,24)/t20-/m0/s1. The Morgan fingerprint density at radius 1 is 1.08 bits per heavy atom. The predicted molar refractivity (Wildman–Crippen MR) is 105 cm³/mol. The lowest BCUT2D eigenvalue weighted by atomic mass is 10.1. The molecule has 0 saturated heterocycles. The average molecular weight is 355 g/mol. The summed E-state index contributed by atoms with van der Waals surface area (Å²) >= 11 is 0. The number of hydrogen-bond donors (Lipinski definition) is 1. The average Bonchev–Trinajstić information content (AvgIpc) is 2.66. The van der Waals surface area contributed by atoms with E-state index in [4.69, 9.17) is 9.47 Å².